The van der Waals surface area contributed by atoms with Gasteiger partial charge in [-0.15, -0.1) is 0 Å². The average Bonchev–Trinajstić information content (AvgIpc) is 2.70. The molecule has 0 spiro atoms. The molecule has 1 aliphatic rings. The van der Waals surface area contributed by atoms with Gasteiger partial charge in [-0.25, -0.2) is 4.90 Å². The van der Waals surface area contributed by atoms with Crippen LogP contribution in [0, 0.1) is 6.92 Å². The molecule has 2 aromatic carbocycles. The fourth-order valence-corrected chi connectivity index (χ4v) is 2.99. The molecule has 4 heteroatoms. The van der Waals surface area contributed by atoms with Crippen molar-refractivity contribution in [2.45, 2.75) is 33.1 Å². The molecule has 3 rings (SSSR count). The van der Waals surface area contributed by atoms with E-state index in [4.69, 9.17) is 0 Å². The number of aromatic hydroxyl groups is 1. The highest BCUT2D eigenvalue weighted by atomic mass is 16.3. The summed E-state index contributed by atoms with van der Waals surface area (Å²) in [6, 6.07) is 10.1. The Morgan fingerprint density at radius 1 is 0.957 bits per heavy atom. The largest absolute Gasteiger partial charge is 0.508 e. The van der Waals surface area contributed by atoms with Crippen molar-refractivity contribution < 1.29 is 14.7 Å². The number of rotatable bonds is 1. The van der Waals surface area contributed by atoms with Crippen LogP contribution in [0.2, 0.25) is 0 Å². The topological polar surface area (TPSA) is 57.6 Å². The molecule has 0 atom stereocenters. The van der Waals surface area contributed by atoms with Gasteiger partial charge in [-0.05, 0) is 41.7 Å². The van der Waals surface area contributed by atoms with E-state index in [1.165, 1.54) is 23.1 Å². The van der Waals surface area contributed by atoms with Gasteiger partial charge in [-0.2, -0.15) is 0 Å². The van der Waals surface area contributed by atoms with E-state index in [0.29, 0.717) is 11.3 Å². The van der Waals surface area contributed by atoms with Crippen LogP contribution in [0.4, 0.5) is 5.69 Å². The van der Waals surface area contributed by atoms with Crippen LogP contribution in [0.15, 0.2) is 36.4 Å². The van der Waals surface area contributed by atoms with Crippen molar-refractivity contribution in [3.05, 3.63) is 58.7 Å². The van der Waals surface area contributed by atoms with Crippen LogP contribution in [0.1, 0.15) is 52.6 Å². The number of anilines is 1. The number of carbonyl (C=O) groups is 2. The minimum Gasteiger partial charge on any atom is -0.508 e. The molecule has 0 radical (unpaired) electrons. The van der Waals surface area contributed by atoms with Gasteiger partial charge in [-0.3, -0.25) is 9.59 Å². The number of fused-ring (bicyclic) bond motifs is 1. The number of para-hydroxylation sites is 1. The van der Waals surface area contributed by atoms with E-state index in [2.05, 4.69) is 20.8 Å². The molecule has 118 valence electrons. The Morgan fingerprint density at radius 3 is 2.26 bits per heavy atom. The molecule has 0 saturated carbocycles. The van der Waals surface area contributed by atoms with Crippen LogP contribution >= 0.6 is 0 Å². The van der Waals surface area contributed by atoms with E-state index in [0.717, 1.165) is 11.1 Å². The number of hydrogen-bond acceptors (Lipinski definition) is 3. The molecule has 23 heavy (non-hydrogen) atoms. The molecule has 0 aromatic heterocycles. The van der Waals surface area contributed by atoms with Gasteiger partial charge >= 0.3 is 0 Å². The van der Waals surface area contributed by atoms with Crippen LogP contribution in [0.25, 0.3) is 0 Å². The van der Waals surface area contributed by atoms with Crippen LogP contribution in [0.3, 0.4) is 0 Å². The molecule has 2 amide bonds. The van der Waals surface area contributed by atoms with E-state index < -0.39 is 0 Å². The standard InChI is InChI=1S/C19H19NO3/c1-11-6-5-7-15(19(2,3)4)16(11)20-17(22)13-9-8-12(21)10-14(13)18(20)23/h5-10,21H,1-4H3. The number of phenolic OH excluding ortho intramolecular Hbond substituents is 1. The highest BCUT2D eigenvalue weighted by molar-refractivity contribution is 6.35. The molecule has 0 saturated heterocycles. The Labute approximate surface area is 135 Å². The smallest absolute Gasteiger partial charge is 0.266 e. The van der Waals surface area contributed by atoms with Gasteiger partial charge in [0.1, 0.15) is 5.75 Å². The van der Waals surface area contributed by atoms with Crippen molar-refractivity contribution in [3.63, 3.8) is 0 Å². The molecule has 0 unspecified atom stereocenters. The van der Waals surface area contributed by atoms with Gasteiger partial charge < -0.3 is 5.11 Å². The Hall–Kier alpha value is -2.62. The zero-order valence-electron chi connectivity index (χ0n) is 13.7. The molecule has 0 aliphatic carbocycles. The predicted molar refractivity (Wildman–Crippen MR) is 89.1 cm³/mol. The first-order chi connectivity index (χ1) is 10.7. The van der Waals surface area contributed by atoms with Gasteiger partial charge in [0, 0.05) is 0 Å². The number of phenols is 1. The summed E-state index contributed by atoms with van der Waals surface area (Å²) in [5.74, 6) is -0.752. The minimum absolute atomic E-state index is 0.0208. The SMILES string of the molecule is Cc1cccc(C(C)(C)C)c1N1C(=O)c2ccc(O)cc2C1=O. The van der Waals surface area contributed by atoms with Crippen LogP contribution < -0.4 is 4.90 Å². The lowest BCUT2D eigenvalue weighted by atomic mass is 9.84. The lowest BCUT2D eigenvalue weighted by Crippen LogP contribution is -2.32. The second-order valence-corrected chi connectivity index (χ2v) is 6.90. The summed E-state index contributed by atoms with van der Waals surface area (Å²) >= 11 is 0. The maximum absolute atomic E-state index is 12.8. The maximum Gasteiger partial charge on any atom is 0.266 e. The molecule has 0 fully saturated rings. The third-order valence-electron chi connectivity index (χ3n) is 4.14. The van der Waals surface area contributed by atoms with Crippen LogP contribution in [-0.4, -0.2) is 16.9 Å². The van der Waals surface area contributed by atoms with Gasteiger partial charge in [-0.1, -0.05) is 39.0 Å². The van der Waals surface area contributed by atoms with Gasteiger partial charge in [0.2, 0.25) is 0 Å². The Morgan fingerprint density at radius 2 is 1.61 bits per heavy atom. The molecular formula is C19H19NO3. The Bertz CT molecular complexity index is 831. The monoisotopic (exact) mass is 309 g/mol. The Balaban J connectivity index is 2.23. The Kier molecular flexibility index (Phi) is 3.29. The summed E-state index contributed by atoms with van der Waals surface area (Å²) < 4.78 is 0. The van der Waals surface area contributed by atoms with Gasteiger partial charge in [0.25, 0.3) is 11.8 Å². The van der Waals surface area contributed by atoms with E-state index in [9.17, 15) is 14.7 Å². The average molecular weight is 309 g/mol. The van der Waals surface area contributed by atoms with E-state index >= 15 is 0 Å². The number of amides is 2. The lowest BCUT2D eigenvalue weighted by molar-refractivity contribution is 0.0925. The highest BCUT2D eigenvalue weighted by Crippen LogP contribution is 2.39. The van der Waals surface area contributed by atoms with Crippen LogP contribution in [-0.2, 0) is 5.41 Å². The van der Waals surface area contributed by atoms with Gasteiger partial charge in [0.15, 0.2) is 0 Å². The van der Waals surface area contributed by atoms with E-state index in [1.807, 2.05) is 25.1 Å². The van der Waals surface area contributed by atoms with Crippen molar-refractivity contribution in [1.82, 2.24) is 0 Å². The molecule has 1 aliphatic heterocycles. The van der Waals surface area contributed by atoms with Crippen molar-refractivity contribution >= 4 is 17.5 Å². The van der Waals surface area contributed by atoms with Crippen molar-refractivity contribution in [1.29, 1.82) is 0 Å². The number of nitrogens with zero attached hydrogens (tertiary/aromatic N) is 1. The third kappa shape index (κ3) is 2.31. The van der Waals surface area contributed by atoms with Crippen molar-refractivity contribution in [2.75, 3.05) is 4.90 Å². The highest BCUT2D eigenvalue weighted by Gasteiger charge is 2.39. The fraction of sp³-hybridized carbons (Fsp3) is 0.263. The second kappa shape index (κ2) is 4.95. The van der Waals surface area contributed by atoms with E-state index in [-0.39, 0.29) is 28.5 Å². The normalized spacial score (nSPS) is 14.3. The first kappa shape index (κ1) is 15.3. The maximum atomic E-state index is 12.8. The number of imide groups is 1. The fourth-order valence-electron chi connectivity index (χ4n) is 2.99. The molecule has 4 nitrogen and oxygen atoms in total. The quantitative estimate of drug-likeness (QED) is 0.815. The number of benzene rings is 2. The molecule has 0 bridgehead atoms. The summed E-state index contributed by atoms with van der Waals surface area (Å²) in [4.78, 5) is 26.8. The minimum atomic E-state index is -0.388. The summed E-state index contributed by atoms with van der Waals surface area (Å²) in [7, 11) is 0. The van der Waals surface area contributed by atoms with E-state index in [1.54, 1.807) is 0 Å². The molecule has 2 aromatic rings. The number of carbonyl (C=O) groups excluding carboxylic acids is 2. The third-order valence-corrected chi connectivity index (χ3v) is 4.14. The van der Waals surface area contributed by atoms with Gasteiger partial charge in [0.05, 0.1) is 16.8 Å². The first-order valence-corrected chi connectivity index (χ1v) is 7.53. The zero-order valence-corrected chi connectivity index (χ0v) is 13.7. The predicted octanol–water partition coefficient (Wildman–Crippen LogP) is 3.80. The summed E-state index contributed by atoms with van der Waals surface area (Å²) in [6.45, 7) is 8.05. The molecule has 1 N–H and O–H groups in total. The number of aryl methyl sites for hydroxylation is 1. The number of hydrogen-bond donors (Lipinski definition) is 1. The first-order valence-electron chi connectivity index (χ1n) is 7.53. The zero-order chi connectivity index (χ0) is 16.9. The lowest BCUT2D eigenvalue weighted by Gasteiger charge is -2.28. The molecular weight excluding hydrogens is 290 g/mol. The summed E-state index contributed by atoms with van der Waals surface area (Å²) in [5.41, 5.74) is 2.82. The summed E-state index contributed by atoms with van der Waals surface area (Å²) in [6.07, 6.45) is 0. The second-order valence-electron chi connectivity index (χ2n) is 6.90. The van der Waals surface area contributed by atoms with Crippen molar-refractivity contribution in [3.8, 4) is 5.75 Å². The van der Waals surface area contributed by atoms with Crippen molar-refractivity contribution in [2.24, 2.45) is 0 Å². The summed E-state index contributed by atoms with van der Waals surface area (Å²) in [5, 5.41) is 9.61. The van der Waals surface area contributed by atoms with Crippen LogP contribution in [0.5, 0.6) is 5.75 Å². The molecule has 1 heterocycles.